The molecule has 0 radical (unpaired) electrons. The first-order valence-electron chi connectivity index (χ1n) is 6.05. The molecular weight excluding hydrogens is 287 g/mol. The van der Waals surface area contributed by atoms with Crippen molar-refractivity contribution in [3.63, 3.8) is 0 Å². The van der Waals surface area contributed by atoms with Crippen LogP contribution < -0.4 is 11.1 Å². The van der Waals surface area contributed by atoms with Gasteiger partial charge in [-0.1, -0.05) is 36.3 Å². The topological polar surface area (TPSA) is 55.1 Å². The summed E-state index contributed by atoms with van der Waals surface area (Å²) in [6.07, 6.45) is 2.65. The van der Waals surface area contributed by atoms with Crippen LogP contribution in [0, 0.1) is 11.7 Å². The van der Waals surface area contributed by atoms with Crippen molar-refractivity contribution in [2.24, 2.45) is 11.7 Å². The zero-order valence-corrected chi connectivity index (χ0v) is 11.7. The number of thiocarbonyl (C=S) groups is 1. The molecule has 1 aromatic carbocycles. The zero-order chi connectivity index (χ0) is 14.0. The van der Waals surface area contributed by atoms with Crippen molar-refractivity contribution in [2.45, 2.75) is 25.3 Å². The van der Waals surface area contributed by atoms with E-state index < -0.39 is 11.7 Å². The van der Waals surface area contributed by atoms with Gasteiger partial charge < -0.3 is 11.1 Å². The Morgan fingerprint density at radius 1 is 1.47 bits per heavy atom. The number of amides is 1. The minimum Gasteiger partial charge on any atom is -0.393 e. The number of carbonyl (C=O) groups excluding carboxylic acids is 1. The van der Waals surface area contributed by atoms with Gasteiger partial charge in [-0.15, -0.1) is 0 Å². The second kappa shape index (κ2) is 5.84. The summed E-state index contributed by atoms with van der Waals surface area (Å²) in [5.41, 5.74) is 5.79. The average Bonchev–Trinajstić information content (AvgIpc) is 2.80. The first kappa shape index (κ1) is 14.2. The number of halogens is 2. The van der Waals surface area contributed by atoms with E-state index in [0.717, 1.165) is 19.3 Å². The van der Waals surface area contributed by atoms with E-state index >= 15 is 0 Å². The van der Waals surface area contributed by atoms with Crippen LogP contribution in [0.3, 0.4) is 0 Å². The molecule has 1 aliphatic rings. The lowest BCUT2D eigenvalue weighted by molar-refractivity contribution is 0.0933. The third-order valence-corrected chi connectivity index (χ3v) is 4.08. The Morgan fingerprint density at radius 3 is 2.89 bits per heavy atom. The van der Waals surface area contributed by atoms with Gasteiger partial charge in [-0.05, 0) is 25.0 Å². The van der Waals surface area contributed by atoms with Crippen LogP contribution >= 0.6 is 23.8 Å². The van der Waals surface area contributed by atoms with E-state index in [1.165, 1.54) is 18.2 Å². The molecule has 2 unspecified atom stereocenters. The molecule has 0 aromatic heterocycles. The molecule has 2 atom stereocenters. The molecule has 19 heavy (non-hydrogen) atoms. The fourth-order valence-corrected chi connectivity index (χ4v) is 2.89. The maximum Gasteiger partial charge on any atom is 0.253 e. The van der Waals surface area contributed by atoms with Crippen LogP contribution in [0.4, 0.5) is 4.39 Å². The largest absolute Gasteiger partial charge is 0.393 e. The van der Waals surface area contributed by atoms with Crippen LogP contribution in [0.5, 0.6) is 0 Å². The number of hydrogen-bond donors (Lipinski definition) is 2. The summed E-state index contributed by atoms with van der Waals surface area (Å²) < 4.78 is 13.3. The van der Waals surface area contributed by atoms with Crippen LogP contribution in [0.25, 0.3) is 0 Å². The Bertz CT molecular complexity index is 523. The van der Waals surface area contributed by atoms with Crippen molar-refractivity contribution in [3.05, 3.63) is 34.6 Å². The second-order valence-corrected chi connectivity index (χ2v) is 5.47. The molecule has 1 aromatic rings. The summed E-state index contributed by atoms with van der Waals surface area (Å²) in [7, 11) is 0. The lowest BCUT2D eigenvalue weighted by atomic mass is 10.0. The fraction of sp³-hybridized carbons (Fsp3) is 0.385. The molecule has 1 aliphatic carbocycles. The maximum atomic E-state index is 13.3. The average molecular weight is 301 g/mol. The Balaban J connectivity index is 2.13. The Labute approximate surface area is 121 Å². The van der Waals surface area contributed by atoms with E-state index in [1.54, 1.807) is 0 Å². The molecule has 1 amide bonds. The fourth-order valence-electron chi connectivity index (χ4n) is 2.40. The number of benzene rings is 1. The van der Waals surface area contributed by atoms with E-state index in [2.05, 4.69) is 5.32 Å². The molecular formula is C13H14ClFN2OS. The Morgan fingerprint density at radius 2 is 2.21 bits per heavy atom. The maximum absolute atomic E-state index is 13.3. The van der Waals surface area contributed by atoms with Crippen molar-refractivity contribution in [1.29, 1.82) is 0 Å². The van der Waals surface area contributed by atoms with Gasteiger partial charge in [0.05, 0.1) is 15.6 Å². The lowest BCUT2D eigenvalue weighted by Gasteiger charge is -2.20. The Hall–Kier alpha value is -1.20. The van der Waals surface area contributed by atoms with Crippen LogP contribution in [0.2, 0.25) is 5.02 Å². The summed E-state index contributed by atoms with van der Waals surface area (Å²) in [4.78, 5) is 12.5. The highest BCUT2D eigenvalue weighted by molar-refractivity contribution is 7.80. The summed E-state index contributed by atoms with van der Waals surface area (Å²) in [5, 5.41) is 2.67. The summed E-state index contributed by atoms with van der Waals surface area (Å²) in [5.74, 6) is -0.990. The molecule has 0 bridgehead atoms. The Kier molecular flexibility index (Phi) is 4.37. The lowest BCUT2D eigenvalue weighted by Crippen LogP contribution is -2.41. The van der Waals surface area contributed by atoms with Gasteiger partial charge in [-0.3, -0.25) is 4.79 Å². The summed E-state index contributed by atoms with van der Waals surface area (Å²) >= 11 is 10.8. The van der Waals surface area contributed by atoms with Crippen LogP contribution in [-0.4, -0.2) is 16.9 Å². The van der Waals surface area contributed by atoms with Crippen molar-refractivity contribution in [1.82, 2.24) is 5.32 Å². The standard InChI is InChI=1S/C13H14ClFN2OS/c14-11-8(4-1-5-9(11)15)13(18)17-10-6-2-3-7(10)12(16)19/h1,4-5,7,10H,2-3,6H2,(H2,16,19)(H,17,18). The van der Waals surface area contributed by atoms with Crippen LogP contribution in [0.15, 0.2) is 18.2 Å². The van der Waals surface area contributed by atoms with Crippen molar-refractivity contribution >= 4 is 34.7 Å². The van der Waals surface area contributed by atoms with Gasteiger partial charge in [0.2, 0.25) is 0 Å². The smallest absolute Gasteiger partial charge is 0.253 e. The quantitative estimate of drug-likeness (QED) is 0.844. The van der Waals surface area contributed by atoms with E-state index in [-0.39, 0.29) is 22.5 Å². The molecule has 6 heteroatoms. The molecule has 0 saturated heterocycles. The number of hydrogen-bond acceptors (Lipinski definition) is 2. The van der Waals surface area contributed by atoms with Gasteiger partial charge in [0.25, 0.3) is 5.91 Å². The number of rotatable bonds is 3. The van der Waals surface area contributed by atoms with E-state index in [9.17, 15) is 9.18 Å². The van der Waals surface area contributed by atoms with Crippen LogP contribution in [0.1, 0.15) is 29.6 Å². The van der Waals surface area contributed by atoms with Gasteiger partial charge in [-0.25, -0.2) is 4.39 Å². The SMILES string of the molecule is NC(=S)C1CCCC1NC(=O)c1cccc(F)c1Cl. The third-order valence-electron chi connectivity index (χ3n) is 3.39. The van der Waals surface area contributed by atoms with Gasteiger partial charge in [-0.2, -0.15) is 0 Å². The monoisotopic (exact) mass is 300 g/mol. The predicted molar refractivity (Wildman–Crippen MR) is 76.8 cm³/mol. The van der Waals surface area contributed by atoms with Crippen molar-refractivity contribution in [2.75, 3.05) is 0 Å². The molecule has 0 aliphatic heterocycles. The molecule has 1 fully saturated rings. The molecule has 3 nitrogen and oxygen atoms in total. The van der Waals surface area contributed by atoms with Crippen molar-refractivity contribution < 1.29 is 9.18 Å². The molecule has 2 rings (SSSR count). The van der Waals surface area contributed by atoms with E-state index in [0.29, 0.717) is 4.99 Å². The highest BCUT2D eigenvalue weighted by atomic mass is 35.5. The van der Waals surface area contributed by atoms with Gasteiger partial charge in [0, 0.05) is 12.0 Å². The highest BCUT2D eigenvalue weighted by Gasteiger charge is 2.31. The minimum absolute atomic E-state index is 0.00582. The van der Waals surface area contributed by atoms with E-state index in [4.69, 9.17) is 29.6 Å². The third kappa shape index (κ3) is 3.04. The van der Waals surface area contributed by atoms with Gasteiger partial charge >= 0.3 is 0 Å². The van der Waals surface area contributed by atoms with Crippen molar-refractivity contribution in [3.8, 4) is 0 Å². The first-order valence-corrected chi connectivity index (χ1v) is 6.83. The highest BCUT2D eigenvalue weighted by Crippen LogP contribution is 2.27. The predicted octanol–water partition coefficient (Wildman–Crippen LogP) is 2.66. The van der Waals surface area contributed by atoms with Crippen LogP contribution in [-0.2, 0) is 0 Å². The number of carbonyl (C=O) groups is 1. The summed E-state index contributed by atoms with van der Waals surface area (Å²) in [6.45, 7) is 0. The zero-order valence-electron chi connectivity index (χ0n) is 10.2. The number of nitrogens with one attached hydrogen (secondary N) is 1. The van der Waals surface area contributed by atoms with E-state index in [1.807, 2.05) is 0 Å². The normalized spacial score (nSPS) is 22.2. The second-order valence-electron chi connectivity index (χ2n) is 4.62. The molecule has 0 spiro atoms. The first-order chi connectivity index (χ1) is 9.00. The molecule has 0 heterocycles. The molecule has 102 valence electrons. The van der Waals surface area contributed by atoms with Gasteiger partial charge in [0.1, 0.15) is 5.82 Å². The number of nitrogens with two attached hydrogens (primary N) is 1. The van der Waals surface area contributed by atoms with Gasteiger partial charge in [0.15, 0.2) is 0 Å². The molecule has 3 N–H and O–H groups in total. The minimum atomic E-state index is -0.605. The summed E-state index contributed by atoms with van der Waals surface area (Å²) in [6, 6.07) is 4.07. The molecule has 1 saturated carbocycles.